The van der Waals surface area contributed by atoms with Crippen LogP contribution in [0.25, 0.3) is 33.4 Å². The van der Waals surface area contributed by atoms with Crippen molar-refractivity contribution in [1.82, 2.24) is 30.0 Å². The van der Waals surface area contributed by atoms with Crippen molar-refractivity contribution in [3.8, 4) is 22.9 Å². The van der Waals surface area contributed by atoms with Crippen molar-refractivity contribution in [2.75, 3.05) is 19.8 Å². The molecule has 0 atom stereocenters. The van der Waals surface area contributed by atoms with E-state index in [1.54, 1.807) is 0 Å². The molecule has 0 amide bonds. The standard InChI is InChI=1S/C39H44N6O5/c1-38(2,3)27-21-25(23-33(36(27)47)44-40-29-11-7-8-12-30(29)41-44)15-16-35(46)50-20-19-49-18-17-26-22-28(39(4,5)6)37(48)34(24-26)45-42-31-13-9-10-14-32(31)43-45/h7-14,21-24,47-48H,15-20H2,1-6H3. The van der Waals surface area contributed by atoms with Gasteiger partial charge in [0.15, 0.2) is 0 Å². The SMILES string of the molecule is CC(C)(C)c1cc(CCOCCOC(=O)CCc2cc(-n3nc4ccccc4n3)c(O)c(C(C)(C)C)c2)cc(-n2nc3ccccc3n2)c1O. The summed E-state index contributed by atoms with van der Waals surface area (Å²) in [7, 11) is 0. The van der Waals surface area contributed by atoms with Crippen LogP contribution in [-0.4, -0.2) is 66.0 Å². The van der Waals surface area contributed by atoms with Crippen molar-refractivity contribution >= 4 is 28.0 Å². The molecule has 0 saturated carbocycles. The zero-order valence-corrected chi connectivity index (χ0v) is 29.5. The fourth-order valence-corrected chi connectivity index (χ4v) is 5.85. The minimum Gasteiger partial charge on any atom is -0.505 e. The number of carbonyl (C=O) groups is 1. The highest BCUT2D eigenvalue weighted by molar-refractivity contribution is 5.75. The van der Waals surface area contributed by atoms with E-state index < -0.39 is 0 Å². The summed E-state index contributed by atoms with van der Waals surface area (Å²) in [6.45, 7) is 13.0. The predicted octanol–water partition coefficient (Wildman–Crippen LogP) is 6.90. The van der Waals surface area contributed by atoms with E-state index in [9.17, 15) is 15.0 Å². The first kappa shape index (κ1) is 34.6. The highest BCUT2D eigenvalue weighted by atomic mass is 16.6. The highest BCUT2D eigenvalue weighted by Crippen LogP contribution is 2.38. The molecule has 2 aromatic heterocycles. The van der Waals surface area contributed by atoms with Gasteiger partial charge in [0.05, 0.1) is 13.2 Å². The lowest BCUT2D eigenvalue weighted by Gasteiger charge is -2.23. The Kier molecular flexibility index (Phi) is 9.62. The number of aryl methyl sites for hydroxylation is 1. The molecule has 50 heavy (non-hydrogen) atoms. The van der Waals surface area contributed by atoms with E-state index in [-0.39, 0.29) is 47.9 Å². The Balaban J connectivity index is 1.04. The third-order valence-electron chi connectivity index (χ3n) is 8.56. The van der Waals surface area contributed by atoms with Crippen molar-refractivity contribution in [2.45, 2.75) is 71.6 Å². The first-order valence-corrected chi connectivity index (χ1v) is 16.9. The molecule has 0 unspecified atom stereocenters. The number of aromatic hydroxyl groups is 2. The maximum Gasteiger partial charge on any atom is 0.306 e. The summed E-state index contributed by atoms with van der Waals surface area (Å²) in [5.74, 6) is -0.0641. The van der Waals surface area contributed by atoms with Crippen molar-refractivity contribution in [3.63, 3.8) is 0 Å². The Morgan fingerprint density at radius 2 is 1.04 bits per heavy atom. The molecule has 0 saturated heterocycles. The fraction of sp³-hybridized carbons (Fsp3) is 0.359. The van der Waals surface area contributed by atoms with Gasteiger partial charge in [-0.1, -0.05) is 77.9 Å². The summed E-state index contributed by atoms with van der Waals surface area (Å²) in [5.41, 5.74) is 6.66. The molecule has 6 aromatic rings. The average molecular weight is 677 g/mol. The van der Waals surface area contributed by atoms with Gasteiger partial charge in [-0.3, -0.25) is 4.79 Å². The number of phenolic OH excluding ortho intramolecular Hbond substituents is 2. The Morgan fingerprint density at radius 3 is 1.46 bits per heavy atom. The summed E-state index contributed by atoms with van der Waals surface area (Å²) >= 11 is 0. The summed E-state index contributed by atoms with van der Waals surface area (Å²) in [6.07, 6.45) is 1.19. The van der Waals surface area contributed by atoms with E-state index in [4.69, 9.17) is 9.47 Å². The van der Waals surface area contributed by atoms with Crippen LogP contribution in [0, 0.1) is 0 Å². The van der Waals surface area contributed by atoms with Crippen LogP contribution >= 0.6 is 0 Å². The molecule has 11 heteroatoms. The number of carbonyl (C=O) groups excluding carboxylic acids is 1. The smallest absolute Gasteiger partial charge is 0.306 e. The topological polar surface area (TPSA) is 137 Å². The lowest BCUT2D eigenvalue weighted by molar-refractivity contribution is -0.145. The van der Waals surface area contributed by atoms with Crippen molar-refractivity contribution in [3.05, 3.63) is 95.1 Å². The van der Waals surface area contributed by atoms with Gasteiger partial charge in [-0.2, -0.15) is 0 Å². The Morgan fingerprint density at radius 1 is 0.620 bits per heavy atom. The van der Waals surface area contributed by atoms with Gasteiger partial charge in [0, 0.05) is 17.5 Å². The zero-order chi connectivity index (χ0) is 35.6. The molecule has 11 nitrogen and oxygen atoms in total. The Hall–Kier alpha value is -5.29. The summed E-state index contributed by atoms with van der Waals surface area (Å²) in [6, 6.07) is 22.8. The van der Waals surface area contributed by atoms with Gasteiger partial charge >= 0.3 is 5.97 Å². The molecule has 0 aliphatic carbocycles. The Labute approximate surface area is 291 Å². The average Bonchev–Trinajstić information content (AvgIpc) is 3.70. The van der Waals surface area contributed by atoms with Gasteiger partial charge in [-0.05, 0) is 71.2 Å². The van der Waals surface area contributed by atoms with Gasteiger partial charge < -0.3 is 19.7 Å². The summed E-state index contributed by atoms with van der Waals surface area (Å²) < 4.78 is 11.3. The molecule has 0 aliphatic heterocycles. The molecule has 4 aromatic carbocycles. The molecule has 6 rings (SSSR count). The molecule has 0 fully saturated rings. The molecular formula is C39H44N6O5. The molecule has 2 heterocycles. The van der Waals surface area contributed by atoms with Gasteiger partial charge in [0.25, 0.3) is 0 Å². The number of esters is 1. The number of aromatic nitrogens is 6. The predicted molar refractivity (Wildman–Crippen MR) is 192 cm³/mol. The second kappa shape index (κ2) is 13.9. The van der Waals surface area contributed by atoms with E-state index in [1.807, 2.05) is 93.6 Å². The quantitative estimate of drug-likeness (QED) is 0.111. The third kappa shape index (κ3) is 7.63. The first-order valence-electron chi connectivity index (χ1n) is 16.9. The third-order valence-corrected chi connectivity index (χ3v) is 8.56. The molecule has 0 spiro atoms. The van der Waals surface area contributed by atoms with Crippen LogP contribution in [0.2, 0.25) is 0 Å². The second-order valence-electron chi connectivity index (χ2n) is 14.6. The molecule has 0 aliphatic rings. The van der Waals surface area contributed by atoms with Crippen LogP contribution in [0.4, 0.5) is 0 Å². The van der Waals surface area contributed by atoms with Gasteiger partial charge in [-0.25, -0.2) is 0 Å². The normalized spacial score (nSPS) is 12.2. The van der Waals surface area contributed by atoms with Crippen LogP contribution in [0.1, 0.15) is 70.2 Å². The number of benzene rings is 4. The number of nitrogens with zero attached hydrogens (tertiary/aromatic N) is 6. The van der Waals surface area contributed by atoms with E-state index in [1.165, 1.54) is 9.59 Å². The highest BCUT2D eigenvalue weighted by Gasteiger charge is 2.25. The molecule has 2 N–H and O–H groups in total. The molecule has 260 valence electrons. The number of rotatable bonds is 11. The van der Waals surface area contributed by atoms with Crippen molar-refractivity contribution < 1.29 is 24.5 Å². The van der Waals surface area contributed by atoms with E-state index in [0.717, 1.165) is 44.3 Å². The zero-order valence-electron chi connectivity index (χ0n) is 29.5. The van der Waals surface area contributed by atoms with E-state index in [0.29, 0.717) is 30.8 Å². The monoisotopic (exact) mass is 676 g/mol. The van der Waals surface area contributed by atoms with E-state index >= 15 is 0 Å². The van der Waals surface area contributed by atoms with E-state index in [2.05, 4.69) is 41.2 Å². The van der Waals surface area contributed by atoms with Crippen LogP contribution in [0.3, 0.4) is 0 Å². The van der Waals surface area contributed by atoms with Crippen LogP contribution in [0.15, 0.2) is 72.8 Å². The lowest BCUT2D eigenvalue weighted by atomic mass is 9.84. The maximum atomic E-state index is 12.7. The lowest BCUT2D eigenvalue weighted by Crippen LogP contribution is -2.15. The number of fused-ring (bicyclic) bond motifs is 2. The summed E-state index contributed by atoms with van der Waals surface area (Å²) in [4.78, 5) is 15.6. The number of hydrogen-bond donors (Lipinski definition) is 2. The maximum absolute atomic E-state index is 12.7. The first-order chi connectivity index (χ1) is 23.8. The van der Waals surface area contributed by atoms with Crippen LogP contribution in [-0.2, 0) is 37.9 Å². The molecular weight excluding hydrogens is 632 g/mol. The second-order valence-corrected chi connectivity index (χ2v) is 14.6. The fourth-order valence-electron chi connectivity index (χ4n) is 5.85. The van der Waals surface area contributed by atoms with Crippen LogP contribution < -0.4 is 0 Å². The van der Waals surface area contributed by atoms with Gasteiger partial charge in [0.2, 0.25) is 0 Å². The number of phenols is 2. The number of ether oxygens (including phenoxy) is 2. The van der Waals surface area contributed by atoms with Crippen molar-refractivity contribution in [2.24, 2.45) is 0 Å². The van der Waals surface area contributed by atoms with Gasteiger partial charge in [-0.15, -0.1) is 30.0 Å². The minimum atomic E-state index is -0.347. The summed E-state index contributed by atoms with van der Waals surface area (Å²) in [5, 5.41) is 40.6. The minimum absolute atomic E-state index is 0.117. The Bertz CT molecular complexity index is 2090. The largest absolute Gasteiger partial charge is 0.505 e. The molecule has 0 bridgehead atoms. The number of hydrogen-bond acceptors (Lipinski definition) is 9. The van der Waals surface area contributed by atoms with Gasteiger partial charge in [0.1, 0.15) is 51.5 Å². The van der Waals surface area contributed by atoms with Crippen molar-refractivity contribution in [1.29, 1.82) is 0 Å². The van der Waals surface area contributed by atoms with Crippen LogP contribution in [0.5, 0.6) is 11.5 Å². The molecule has 0 radical (unpaired) electrons.